The Hall–Kier alpha value is 0.0500. The molecule has 21 heavy (non-hydrogen) atoms. The van der Waals surface area contributed by atoms with Crippen LogP contribution in [-0.4, -0.2) is 26.2 Å². The molecular formula is C14H19Br2NO3S. The lowest BCUT2D eigenvalue weighted by molar-refractivity contribution is 0.102. The normalized spacial score (nSPS) is 23.2. The van der Waals surface area contributed by atoms with Crippen molar-refractivity contribution in [2.45, 2.75) is 43.6 Å². The molecule has 1 aromatic carbocycles. The van der Waals surface area contributed by atoms with Crippen LogP contribution in [0, 0.1) is 12.8 Å². The average Bonchev–Trinajstić information content (AvgIpc) is 2.41. The first-order chi connectivity index (χ1) is 9.79. The van der Waals surface area contributed by atoms with Crippen LogP contribution < -0.4 is 4.72 Å². The Morgan fingerprint density at radius 2 is 2.00 bits per heavy atom. The zero-order valence-electron chi connectivity index (χ0n) is 11.8. The van der Waals surface area contributed by atoms with E-state index < -0.39 is 10.0 Å². The number of hydrogen-bond donors (Lipinski definition) is 2. The second-order valence-electron chi connectivity index (χ2n) is 5.57. The number of nitrogens with one attached hydrogen (secondary N) is 1. The second-order valence-corrected chi connectivity index (χ2v) is 9.01. The Balaban J connectivity index is 2.10. The van der Waals surface area contributed by atoms with Crippen LogP contribution in [-0.2, 0) is 10.0 Å². The minimum absolute atomic E-state index is 0.205. The van der Waals surface area contributed by atoms with E-state index in [4.69, 9.17) is 0 Å². The van der Waals surface area contributed by atoms with Crippen LogP contribution in [0.2, 0.25) is 0 Å². The summed E-state index contributed by atoms with van der Waals surface area (Å²) in [7, 11) is -3.56. The van der Waals surface area contributed by atoms with Gasteiger partial charge in [-0.1, -0.05) is 22.4 Å². The molecule has 0 spiro atoms. The fourth-order valence-corrected chi connectivity index (χ4v) is 5.38. The third-order valence-corrected chi connectivity index (χ3v) is 7.06. The highest BCUT2D eigenvalue weighted by Crippen LogP contribution is 2.29. The minimum Gasteiger partial charge on any atom is -0.393 e. The lowest BCUT2D eigenvalue weighted by Gasteiger charge is -2.26. The molecule has 0 saturated heterocycles. The van der Waals surface area contributed by atoms with Crippen molar-refractivity contribution in [3.8, 4) is 0 Å². The van der Waals surface area contributed by atoms with Gasteiger partial charge in [0, 0.05) is 15.5 Å². The van der Waals surface area contributed by atoms with Crippen LogP contribution in [0.1, 0.15) is 31.2 Å². The summed E-state index contributed by atoms with van der Waals surface area (Å²) in [6.07, 6.45) is 3.10. The number of hydrogen-bond acceptors (Lipinski definition) is 3. The Morgan fingerprint density at radius 1 is 1.29 bits per heavy atom. The molecule has 1 aliphatic rings. The molecule has 0 bridgehead atoms. The summed E-state index contributed by atoms with van der Waals surface area (Å²) in [5.41, 5.74) is 0.969. The maximum atomic E-state index is 12.4. The quantitative estimate of drug-likeness (QED) is 0.754. The van der Waals surface area contributed by atoms with Crippen molar-refractivity contribution in [3.63, 3.8) is 0 Å². The van der Waals surface area contributed by atoms with Crippen LogP contribution in [0.5, 0.6) is 0 Å². The number of halogens is 2. The fourth-order valence-electron chi connectivity index (χ4n) is 2.59. The summed E-state index contributed by atoms with van der Waals surface area (Å²) in [6.45, 7) is 2.28. The van der Waals surface area contributed by atoms with Gasteiger partial charge in [-0.15, -0.1) is 0 Å². The third-order valence-electron chi connectivity index (χ3n) is 3.82. The first-order valence-electron chi connectivity index (χ1n) is 6.93. The van der Waals surface area contributed by atoms with Gasteiger partial charge >= 0.3 is 0 Å². The van der Waals surface area contributed by atoms with E-state index in [1.807, 2.05) is 6.92 Å². The number of aliphatic hydroxyl groups is 1. The van der Waals surface area contributed by atoms with Crippen molar-refractivity contribution in [1.82, 2.24) is 4.72 Å². The van der Waals surface area contributed by atoms with E-state index in [-0.39, 0.29) is 16.9 Å². The first-order valence-corrected chi connectivity index (χ1v) is 10.00. The largest absolute Gasteiger partial charge is 0.393 e. The molecule has 118 valence electrons. The number of aryl methyl sites for hydroxylation is 1. The Kier molecular flexibility index (Phi) is 5.87. The molecule has 0 heterocycles. The molecule has 0 amide bonds. The van der Waals surface area contributed by atoms with Gasteiger partial charge in [-0.3, -0.25) is 0 Å². The predicted octanol–water partition coefficient (Wildman–Crippen LogP) is 3.35. The van der Waals surface area contributed by atoms with Crippen molar-refractivity contribution in [2.24, 2.45) is 5.92 Å². The number of aliphatic hydroxyl groups excluding tert-OH is 1. The molecular weight excluding hydrogens is 422 g/mol. The molecule has 0 aromatic heterocycles. The van der Waals surface area contributed by atoms with Crippen molar-refractivity contribution in [3.05, 3.63) is 26.6 Å². The zero-order chi connectivity index (χ0) is 15.6. The summed E-state index contributed by atoms with van der Waals surface area (Å²) < 4.78 is 28.8. The summed E-state index contributed by atoms with van der Waals surface area (Å²) in [5, 5.41) is 9.65. The van der Waals surface area contributed by atoms with E-state index in [9.17, 15) is 13.5 Å². The Morgan fingerprint density at radius 3 is 2.67 bits per heavy atom. The molecule has 1 aliphatic carbocycles. The molecule has 0 radical (unpaired) electrons. The van der Waals surface area contributed by atoms with E-state index in [1.54, 1.807) is 12.1 Å². The molecule has 1 fully saturated rings. The molecule has 2 atom stereocenters. The van der Waals surface area contributed by atoms with Gasteiger partial charge in [0.05, 0.1) is 11.0 Å². The van der Waals surface area contributed by atoms with Crippen LogP contribution in [0.4, 0.5) is 0 Å². The van der Waals surface area contributed by atoms with E-state index >= 15 is 0 Å². The monoisotopic (exact) mass is 439 g/mol. The summed E-state index contributed by atoms with van der Waals surface area (Å²) in [5.74, 6) is 0.205. The number of rotatable bonds is 4. The van der Waals surface area contributed by atoms with Crippen molar-refractivity contribution < 1.29 is 13.5 Å². The van der Waals surface area contributed by atoms with E-state index in [0.717, 1.165) is 29.3 Å². The van der Waals surface area contributed by atoms with Gasteiger partial charge in [0.25, 0.3) is 0 Å². The molecule has 2 unspecified atom stereocenters. The van der Waals surface area contributed by atoms with E-state index in [0.29, 0.717) is 17.4 Å². The van der Waals surface area contributed by atoms with Gasteiger partial charge in [-0.05, 0) is 65.7 Å². The predicted molar refractivity (Wildman–Crippen MR) is 89.7 cm³/mol. The Labute approximate surface area is 142 Å². The van der Waals surface area contributed by atoms with Gasteiger partial charge < -0.3 is 5.11 Å². The molecule has 1 aromatic rings. The highest BCUT2D eigenvalue weighted by atomic mass is 79.9. The Bertz CT molecular complexity index is 619. The second kappa shape index (κ2) is 7.08. The summed E-state index contributed by atoms with van der Waals surface area (Å²) >= 11 is 6.67. The van der Waals surface area contributed by atoms with Crippen molar-refractivity contribution in [1.29, 1.82) is 0 Å². The molecule has 0 aliphatic heterocycles. The zero-order valence-corrected chi connectivity index (χ0v) is 15.8. The van der Waals surface area contributed by atoms with Gasteiger partial charge in [-0.2, -0.15) is 0 Å². The number of benzene rings is 1. The van der Waals surface area contributed by atoms with Gasteiger partial charge in [0.15, 0.2) is 0 Å². The van der Waals surface area contributed by atoms with Crippen LogP contribution in [0.15, 0.2) is 26.0 Å². The highest BCUT2D eigenvalue weighted by Gasteiger charge is 2.24. The van der Waals surface area contributed by atoms with Gasteiger partial charge in [0.2, 0.25) is 10.0 Å². The van der Waals surface area contributed by atoms with Crippen molar-refractivity contribution in [2.75, 3.05) is 6.54 Å². The highest BCUT2D eigenvalue weighted by molar-refractivity contribution is 9.11. The molecule has 4 nitrogen and oxygen atoms in total. The lowest BCUT2D eigenvalue weighted by atomic mass is 9.87. The number of sulfonamides is 1. The minimum atomic E-state index is -3.56. The smallest absolute Gasteiger partial charge is 0.241 e. The maximum absolute atomic E-state index is 12.4. The van der Waals surface area contributed by atoms with E-state index in [1.165, 1.54) is 0 Å². The standard InChI is InChI=1S/C14H19Br2NO3S/c1-9-5-13(16)14(7-12(9)15)21(19,20)17-8-10-3-2-4-11(18)6-10/h5,7,10-11,17-18H,2-4,6,8H2,1H3. The SMILES string of the molecule is Cc1cc(Br)c(S(=O)(=O)NCC2CCCC(O)C2)cc1Br. The third kappa shape index (κ3) is 4.51. The van der Waals surface area contributed by atoms with Gasteiger partial charge in [0.1, 0.15) is 0 Å². The van der Waals surface area contributed by atoms with Crippen molar-refractivity contribution >= 4 is 41.9 Å². The topological polar surface area (TPSA) is 66.4 Å². The van der Waals surface area contributed by atoms with E-state index in [2.05, 4.69) is 36.6 Å². The first kappa shape index (κ1) is 17.4. The molecule has 7 heteroatoms. The summed E-state index contributed by atoms with van der Waals surface area (Å²) in [4.78, 5) is 0.233. The van der Waals surface area contributed by atoms with Crippen LogP contribution >= 0.6 is 31.9 Å². The van der Waals surface area contributed by atoms with Gasteiger partial charge in [-0.25, -0.2) is 13.1 Å². The molecule has 2 N–H and O–H groups in total. The summed E-state index contributed by atoms with van der Waals surface area (Å²) in [6, 6.07) is 3.39. The van der Waals surface area contributed by atoms with Crippen LogP contribution in [0.25, 0.3) is 0 Å². The lowest BCUT2D eigenvalue weighted by Crippen LogP contribution is -2.33. The fraction of sp³-hybridized carbons (Fsp3) is 0.571. The maximum Gasteiger partial charge on any atom is 0.241 e. The molecule has 2 rings (SSSR count). The average molecular weight is 441 g/mol. The van der Waals surface area contributed by atoms with Crippen LogP contribution in [0.3, 0.4) is 0 Å². The molecule has 1 saturated carbocycles.